The molecule has 0 aliphatic heterocycles. The number of sulfonamides is 1. The minimum Gasteiger partial charge on any atom is -0.396 e. The van der Waals surface area contributed by atoms with Gasteiger partial charge in [-0.3, -0.25) is 0 Å². The number of aliphatic hydroxyl groups excluding tert-OH is 1. The Hall–Kier alpha value is -0.140. The van der Waals surface area contributed by atoms with E-state index in [0.717, 1.165) is 24.2 Å². The zero-order valence-electron chi connectivity index (χ0n) is 10.4. The highest BCUT2D eigenvalue weighted by atomic mass is 35.5. The molecule has 0 radical (unpaired) electrons. The molecule has 1 aromatic rings. The summed E-state index contributed by atoms with van der Waals surface area (Å²) >= 11 is 6.95. The number of nitrogens with one attached hydrogen (secondary N) is 1. The van der Waals surface area contributed by atoms with Crippen molar-refractivity contribution in [2.75, 3.05) is 13.2 Å². The summed E-state index contributed by atoms with van der Waals surface area (Å²) in [7, 11) is -3.52. The van der Waals surface area contributed by atoms with Crippen molar-refractivity contribution < 1.29 is 13.5 Å². The molecule has 0 amide bonds. The Bertz CT molecular complexity index is 484. The van der Waals surface area contributed by atoms with Crippen molar-refractivity contribution in [1.82, 2.24) is 4.72 Å². The van der Waals surface area contributed by atoms with Crippen molar-refractivity contribution in [1.29, 1.82) is 0 Å². The molecule has 18 heavy (non-hydrogen) atoms. The third-order valence-corrected chi connectivity index (χ3v) is 5.95. The third-order valence-electron chi connectivity index (χ3n) is 2.57. The van der Waals surface area contributed by atoms with Crippen LogP contribution in [0.25, 0.3) is 0 Å². The number of halogens is 1. The van der Waals surface area contributed by atoms with Crippen LogP contribution >= 0.6 is 22.9 Å². The van der Waals surface area contributed by atoms with Crippen LogP contribution in [0, 0.1) is 0 Å². The molecule has 0 saturated heterocycles. The molecule has 0 spiro atoms. The molecule has 0 unspecified atom stereocenters. The summed E-state index contributed by atoms with van der Waals surface area (Å²) < 4.78 is 27.2. The molecule has 0 fully saturated rings. The zero-order chi connectivity index (χ0) is 13.8. The van der Waals surface area contributed by atoms with Crippen molar-refractivity contribution in [3.8, 4) is 0 Å². The first kappa shape index (κ1) is 15.9. The average molecular weight is 312 g/mol. The molecular formula is C11H18ClNO3S2. The highest BCUT2D eigenvalue weighted by Crippen LogP contribution is 2.36. The Kier molecular flexibility index (Phi) is 6.07. The van der Waals surface area contributed by atoms with Gasteiger partial charge in [0.2, 0.25) is 10.0 Å². The van der Waals surface area contributed by atoms with Gasteiger partial charge in [-0.2, -0.15) is 0 Å². The maximum Gasteiger partial charge on any atom is 0.250 e. The molecule has 2 N–H and O–H groups in total. The van der Waals surface area contributed by atoms with Crippen LogP contribution in [-0.2, 0) is 10.0 Å². The summed E-state index contributed by atoms with van der Waals surface area (Å²) in [5.41, 5.74) is 0.621. The number of rotatable bonds is 7. The Morgan fingerprint density at radius 1 is 1.50 bits per heavy atom. The van der Waals surface area contributed by atoms with Gasteiger partial charge >= 0.3 is 0 Å². The molecule has 0 bridgehead atoms. The molecule has 1 atom stereocenters. The van der Waals surface area contributed by atoms with Gasteiger partial charge in [0.25, 0.3) is 0 Å². The lowest BCUT2D eigenvalue weighted by Crippen LogP contribution is -2.24. The summed E-state index contributed by atoms with van der Waals surface area (Å²) in [6.45, 7) is 3.97. The van der Waals surface area contributed by atoms with Gasteiger partial charge in [-0.15, -0.1) is 11.3 Å². The topological polar surface area (TPSA) is 66.4 Å². The largest absolute Gasteiger partial charge is 0.396 e. The van der Waals surface area contributed by atoms with Crippen molar-refractivity contribution in [2.45, 2.75) is 36.8 Å². The standard InChI is InChI=1S/C11H18ClNO3S2/c1-3-5-8(7-14)9-6-10(12)17-11(9)18(15,16)13-4-2/h6,8,13-14H,3-5,7H2,1-2H3/t8-/m1/s1. The van der Waals surface area contributed by atoms with Crippen LogP contribution < -0.4 is 4.72 Å². The second-order valence-corrected chi connectivity index (χ2v) is 7.61. The fourth-order valence-electron chi connectivity index (χ4n) is 1.80. The Morgan fingerprint density at radius 2 is 2.17 bits per heavy atom. The zero-order valence-corrected chi connectivity index (χ0v) is 12.8. The molecule has 1 heterocycles. The van der Waals surface area contributed by atoms with Crippen LogP contribution in [0.5, 0.6) is 0 Å². The van der Waals surface area contributed by atoms with E-state index < -0.39 is 10.0 Å². The SMILES string of the molecule is CCC[C@H](CO)c1cc(Cl)sc1S(=O)(=O)NCC. The molecule has 0 aromatic carbocycles. The van der Waals surface area contributed by atoms with Gasteiger partial charge in [0.1, 0.15) is 4.21 Å². The van der Waals surface area contributed by atoms with Gasteiger partial charge in [0.05, 0.1) is 4.34 Å². The van der Waals surface area contributed by atoms with E-state index in [-0.39, 0.29) is 16.7 Å². The van der Waals surface area contributed by atoms with E-state index in [1.165, 1.54) is 0 Å². The molecular weight excluding hydrogens is 294 g/mol. The van der Waals surface area contributed by atoms with Crippen LogP contribution in [0.4, 0.5) is 0 Å². The van der Waals surface area contributed by atoms with Gasteiger partial charge in [0, 0.05) is 19.1 Å². The summed E-state index contributed by atoms with van der Waals surface area (Å²) in [6.07, 6.45) is 1.61. The van der Waals surface area contributed by atoms with E-state index in [2.05, 4.69) is 4.72 Å². The Balaban J connectivity index is 3.21. The quantitative estimate of drug-likeness (QED) is 0.813. The highest BCUT2D eigenvalue weighted by molar-refractivity contribution is 7.91. The van der Waals surface area contributed by atoms with Gasteiger partial charge in [-0.05, 0) is 18.1 Å². The number of thiophene rings is 1. The van der Waals surface area contributed by atoms with Gasteiger partial charge in [0.15, 0.2) is 0 Å². The number of hydrogen-bond donors (Lipinski definition) is 2. The van der Waals surface area contributed by atoms with E-state index in [1.807, 2.05) is 6.92 Å². The van der Waals surface area contributed by atoms with E-state index >= 15 is 0 Å². The van der Waals surface area contributed by atoms with E-state index in [1.54, 1.807) is 13.0 Å². The number of aliphatic hydroxyl groups is 1. The Labute approximate surface area is 117 Å². The smallest absolute Gasteiger partial charge is 0.250 e. The lowest BCUT2D eigenvalue weighted by Gasteiger charge is -2.14. The molecule has 0 saturated carbocycles. The lowest BCUT2D eigenvalue weighted by atomic mass is 9.98. The molecule has 7 heteroatoms. The predicted molar refractivity (Wildman–Crippen MR) is 74.9 cm³/mol. The van der Waals surface area contributed by atoms with E-state index in [9.17, 15) is 13.5 Å². The summed E-state index contributed by atoms with van der Waals surface area (Å²) in [5.74, 6) is -0.179. The molecule has 1 aromatic heterocycles. The molecule has 0 aliphatic rings. The molecule has 0 aliphatic carbocycles. The van der Waals surface area contributed by atoms with Crippen molar-refractivity contribution in [2.24, 2.45) is 0 Å². The molecule has 104 valence electrons. The van der Waals surface area contributed by atoms with E-state index in [0.29, 0.717) is 16.4 Å². The Morgan fingerprint density at radius 3 is 2.67 bits per heavy atom. The molecule has 4 nitrogen and oxygen atoms in total. The highest BCUT2D eigenvalue weighted by Gasteiger charge is 2.25. The lowest BCUT2D eigenvalue weighted by molar-refractivity contribution is 0.257. The van der Waals surface area contributed by atoms with Crippen LogP contribution in [0.3, 0.4) is 0 Å². The monoisotopic (exact) mass is 311 g/mol. The minimum atomic E-state index is -3.52. The second kappa shape index (κ2) is 6.86. The normalized spacial score (nSPS) is 13.8. The van der Waals surface area contributed by atoms with Crippen molar-refractivity contribution in [3.05, 3.63) is 16.0 Å². The van der Waals surface area contributed by atoms with Crippen LogP contribution in [0.15, 0.2) is 10.3 Å². The third kappa shape index (κ3) is 3.68. The predicted octanol–water partition coefficient (Wildman–Crippen LogP) is 2.58. The van der Waals surface area contributed by atoms with Gasteiger partial charge in [-0.1, -0.05) is 31.9 Å². The fourth-order valence-corrected chi connectivity index (χ4v) is 4.93. The minimum absolute atomic E-state index is 0.0739. The van der Waals surface area contributed by atoms with Crippen molar-refractivity contribution in [3.63, 3.8) is 0 Å². The second-order valence-electron chi connectivity index (χ2n) is 3.96. The first-order valence-corrected chi connectivity index (χ1v) is 8.53. The van der Waals surface area contributed by atoms with Crippen LogP contribution in [0.1, 0.15) is 38.2 Å². The van der Waals surface area contributed by atoms with Crippen LogP contribution in [-0.4, -0.2) is 26.7 Å². The van der Waals surface area contributed by atoms with E-state index in [4.69, 9.17) is 11.6 Å². The average Bonchev–Trinajstić information content (AvgIpc) is 2.69. The fraction of sp³-hybridized carbons (Fsp3) is 0.636. The first-order chi connectivity index (χ1) is 8.46. The summed E-state index contributed by atoms with van der Waals surface area (Å²) in [5, 5.41) is 9.39. The summed E-state index contributed by atoms with van der Waals surface area (Å²) in [6, 6.07) is 1.65. The van der Waals surface area contributed by atoms with Gasteiger partial charge in [-0.25, -0.2) is 13.1 Å². The first-order valence-electron chi connectivity index (χ1n) is 5.86. The van der Waals surface area contributed by atoms with Gasteiger partial charge < -0.3 is 5.11 Å². The number of hydrogen-bond acceptors (Lipinski definition) is 4. The summed E-state index contributed by atoms with van der Waals surface area (Å²) in [4.78, 5) is 0. The maximum atomic E-state index is 12.1. The van der Waals surface area contributed by atoms with Crippen LogP contribution in [0.2, 0.25) is 4.34 Å². The van der Waals surface area contributed by atoms with Crippen molar-refractivity contribution >= 4 is 33.0 Å². The molecule has 1 rings (SSSR count). The maximum absolute atomic E-state index is 12.1.